The van der Waals surface area contributed by atoms with Gasteiger partial charge in [-0.05, 0) is 44.4 Å². The summed E-state index contributed by atoms with van der Waals surface area (Å²) in [5, 5.41) is 10.1. The molecule has 6 rings (SSSR count). The standard InChI is InChI=1S/C24H29N7OS/c1-16-17(2)33-24-21(16)23(25-19(26-24)15-29-11-13-32-14-12-29)30-9-6-18(7-10-30)22-28-27-20-5-3-4-8-31(20)22/h3-5,8,18H,6-7,9-15H2,1-2H3. The molecule has 0 atom stereocenters. The van der Waals surface area contributed by atoms with E-state index in [2.05, 4.69) is 44.4 Å². The Kier molecular flexibility index (Phi) is 5.48. The van der Waals surface area contributed by atoms with Gasteiger partial charge in [0.25, 0.3) is 0 Å². The fraction of sp³-hybridized carbons (Fsp3) is 0.500. The van der Waals surface area contributed by atoms with Crippen LogP contribution >= 0.6 is 11.3 Å². The van der Waals surface area contributed by atoms with Crippen molar-refractivity contribution in [2.75, 3.05) is 44.3 Å². The van der Waals surface area contributed by atoms with E-state index in [0.717, 1.165) is 86.7 Å². The summed E-state index contributed by atoms with van der Waals surface area (Å²) in [6, 6.07) is 6.07. The molecule has 0 spiro atoms. The van der Waals surface area contributed by atoms with Crippen LogP contribution in [-0.4, -0.2) is 68.9 Å². The van der Waals surface area contributed by atoms with E-state index in [-0.39, 0.29) is 0 Å². The van der Waals surface area contributed by atoms with Crippen LogP contribution in [0.25, 0.3) is 15.9 Å². The fourth-order valence-corrected chi connectivity index (χ4v) is 6.06. The first-order valence-electron chi connectivity index (χ1n) is 11.8. The molecule has 0 amide bonds. The fourth-order valence-electron chi connectivity index (χ4n) is 5.02. The van der Waals surface area contributed by atoms with Crippen LogP contribution in [0.1, 0.15) is 40.8 Å². The molecule has 0 unspecified atom stereocenters. The molecule has 2 fully saturated rings. The van der Waals surface area contributed by atoms with E-state index >= 15 is 0 Å². The van der Waals surface area contributed by atoms with Gasteiger partial charge in [0.2, 0.25) is 0 Å². The van der Waals surface area contributed by atoms with Gasteiger partial charge in [0, 0.05) is 43.2 Å². The van der Waals surface area contributed by atoms with Crippen LogP contribution in [-0.2, 0) is 11.3 Å². The number of anilines is 1. The lowest BCUT2D eigenvalue weighted by Crippen LogP contribution is -2.37. The number of hydrogen-bond donors (Lipinski definition) is 0. The lowest BCUT2D eigenvalue weighted by Gasteiger charge is -2.33. The van der Waals surface area contributed by atoms with Gasteiger partial charge in [-0.2, -0.15) is 0 Å². The molecule has 2 aliphatic heterocycles. The molecule has 0 bridgehead atoms. The zero-order chi connectivity index (χ0) is 22.4. The number of rotatable bonds is 4. The summed E-state index contributed by atoms with van der Waals surface area (Å²) in [4.78, 5) is 17.4. The summed E-state index contributed by atoms with van der Waals surface area (Å²) in [7, 11) is 0. The molecule has 8 nitrogen and oxygen atoms in total. The van der Waals surface area contributed by atoms with E-state index in [0.29, 0.717) is 5.92 Å². The maximum Gasteiger partial charge on any atom is 0.160 e. The Hall–Kier alpha value is -2.62. The summed E-state index contributed by atoms with van der Waals surface area (Å²) in [6.45, 7) is 10.6. The zero-order valence-corrected chi connectivity index (χ0v) is 20.0. The molecule has 9 heteroatoms. The number of nitrogens with zero attached hydrogens (tertiary/aromatic N) is 7. The summed E-state index contributed by atoms with van der Waals surface area (Å²) in [6.07, 6.45) is 4.16. The topological polar surface area (TPSA) is 71.7 Å². The average Bonchev–Trinajstić information content (AvgIpc) is 3.40. The quantitative estimate of drug-likeness (QED) is 0.458. The number of piperidine rings is 1. The molecule has 2 aliphatic rings. The summed E-state index contributed by atoms with van der Waals surface area (Å²) in [5.41, 5.74) is 2.23. The number of ether oxygens (including phenoxy) is 1. The average molecular weight is 464 g/mol. The van der Waals surface area contributed by atoms with Crippen molar-refractivity contribution in [3.63, 3.8) is 0 Å². The predicted octanol–water partition coefficient (Wildman–Crippen LogP) is 3.57. The molecule has 6 heterocycles. The number of fused-ring (bicyclic) bond motifs is 2. The number of aryl methyl sites for hydroxylation is 2. The molecule has 4 aromatic rings. The van der Waals surface area contributed by atoms with Crippen molar-refractivity contribution >= 4 is 33.0 Å². The Balaban J connectivity index is 1.28. The number of morpholine rings is 1. The monoisotopic (exact) mass is 463 g/mol. The van der Waals surface area contributed by atoms with Crippen molar-refractivity contribution in [1.29, 1.82) is 0 Å². The second-order valence-electron chi connectivity index (χ2n) is 9.06. The van der Waals surface area contributed by atoms with Gasteiger partial charge in [0.05, 0.1) is 25.1 Å². The van der Waals surface area contributed by atoms with Crippen LogP contribution in [0.2, 0.25) is 0 Å². The number of aromatic nitrogens is 5. The normalized spacial score (nSPS) is 18.5. The lowest BCUT2D eigenvalue weighted by molar-refractivity contribution is 0.0331. The van der Waals surface area contributed by atoms with E-state index in [1.54, 1.807) is 11.3 Å². The van der Waals surface area contributed by atoms with Gasteiger partial charge in [0.15, 0.2) is 5.65 Å². The largest absolute Gasteiger partial charge is 0.379 e. The van der Waals surface area contributed by atoms with Crippen molar-refractivity contribution in [1.82, 2.24) is 29.5 Å². The van der Waals surface area contributed by atoms with Gasteiger partial charge < -0.3 is 9.64 Å². The molecular formula is C24H29N7OS. The van der Waals surface area contributed by atoms with Crippen LogP contribution < -0.4 is 4.90 Å². The van der Waals surface area contributed by atoms with Gasteiger partial charge in [-0.15, -0.1) is 21.5 Å². The van der Waals surface area contributed by atoms with Gasteiger partial charge in [0.1, 0.15) is 22.3 Å². The molecule has 0 N–H and O–H groups in total. The Labute approximate surface area is 197 Å². The van der Waals surface area contributed by atoms with Crippen LogP contribution in [0, 0.1) is 13.8 Å². The third kappa shape index (κ3) is 3.88. The molecule has 172 valence electrons. The second kappa shape index (κ2) is 8.62. The Morgan fingerprint density at radius 1 is 1.03 bits per heavy atom. The maximum atomic E-state index is 5.51. The summed E-state index contributed by atoms with van der Waals surface area (Å²) in [5.74, 6) is 3.52. The minimum absolute atomic E-state index is 0.411. The van der Waals surface area contributed by atoms with Crippen LogP contribution in [0.5, 0.6) is 0 Å². The highest BCUT2D eigenvalue weighted by atomic mass is 32.1. The smallest absolute Gasteiger partial charge is 0.160 e. The van der Waals surface area contributed by atoms with Crippen molar-refractivity contribution < 1.29 is 4.74 Å². The molecule has 4 aromatic heterocycles. The van der Waals surface area contributed by atoms with Gasteiger partial charge in [-0.3, -0.25) is 9.30 Å². The van der Waals surface area contributed by atoms with Gasteiger partial charge in [-0.25, -0.2) is 9.97 Å². The third-order valence-corrected chi connectivity index (χ3v) is 8.13. The van der Waals surface area contributed by atoms with Crippen molar-refractivity contribution in [3.8, 4) is 0 Å². The first-order valence-corrected chi connectivity index (χ1v) is 12.6. The maximum absolute atomic E-state index is 5.51. The molecule has 0 saturated carbocycles. The Bertz CT molecular complexity index is 1280. The second-order valence-corrected chi connectivity index (χ2v) is 10.3. The van der Waals surface area contributed by atoms with Crippen LogP contribution in [0.4, 0.5) is 5.82 Å². The highest BCUT2D eigenvalue weighted by Gasteiger charge is 2.28. The number of hydrogen-bond acceptors (Lipinski definition) is 8. The minimum Gasteiger partial charge on any atom is -0.379 e. The van der Waals surface area contributed by atoms with E-state index in [9.17, 15) is 0 Å². The van der Waals surface area contributed by atoms with E-state index in [1.807, 2.05) is 18.2 Å². The van der Waals surface area contributed by atoms with Crippen molar-refractivity contribution in [2.24, 2.45) is 0 Å². The SMILES string of the molecule is Cc1sc2nc(CN3CCOCC3)nc(N3CCC(c4nnc5ccccn45)CC3)c2c1C. The van der Waals surface area contributed by atoms with Crippen molar-refractivity contribution in [3.05, 3.63) is 46.5 Å². The van der Waals surface area contributed by atoms with E-state index < -0.39 is 0 Å². The predicted molar refractivity (Wildman–Crippen MR) is 130 cm³/mol. The minimum atomic E-state index is 0.411. The van der Waals surface area contributed by atoms with Gasteiger partial charge in [-0.1, -0.05) is 6.07 Å². The molecule has 33 heavy (non-hydrogen) atoms. The van der Waals surface area contributed by atoms with Crippen molar-refractivity contribution in [2.45, 2.75) is 39.2 Å². The zero-order valence-electron chi connectivity index (χ0n) is 19.2. The lowest BCUT2D eigenvalue weighted by atomic mass is 9.95. The first-order chi connectivity index (χ1) is 16.2. The molecular weight excluding hydrogens is 434 g/mol. The Morgan fingerprint density at radius 2 is 1.85 bits per heavy atom. The summed E-state index contributed by atoms with van der Waals surface area (Å²) < 4.78 is 7.65. The molecule has 0 aromatic carbocycles. The summed E-state index contributed by atoms with van der Waals surface area (Å²) >= 11 is 1.79. The molecule has 0 radical (unpaired) electrons. The van der Waals surface area contributed by atoms with E-state index in [4.69, 9.17) is 14.7 Å². The molecule has 0 aliphatic carbocycles. The first kappa shape index (κ1) is 20.9. The van der Waals surface area contributed by atoms with Crippen LogP contribution in [0.3, 0.4) is 0 Å². The number of thiophene rings is 1. The Morgan fingerprint density at radius 3 is 2.67 bits per heavy atom. The molecule has 2 saturated heterocycles. The highest BCUT2D eigenvalue weighted by molar-refractivity contribution is 7.18. The van der Waals surface area contributed by atoms with Crippen LogP contribution in [0.15, 0.2) is 24.4 Å². The van der Waals surface area contributed by atoms with E-state index in [1.165, 1.54) is 15.8 Å². The highest BCUT2D eigenvalue weighted by Crippen LogP contribution is 2.37. The van der Waals surface area contributed by atoms with Gasteiger partial charge >= 0.3 is 0 Å². The third-order valence-electron chi connectivity index (χ3n) is 7.02. The number of pyridine rings is 1.